The van der Waals surface area contributed by atoms with Gasteiger partial charge >= 0.3 is 5.97 Å². The van der Waals surface area contributed by atoms with Crippen LogP contribution in [0.15, 0.2) is 18.2 Å². The largest absolute Gasteiger partial charge is 0.496 e. The number of carbonyl (C=O) groups is 1. The van der Waals surface area contributed by atoms with Crippen LogP contribution in [0.4, 0.5) is 0 Å². The van der Waals surface area contributed by atoms with Crippen molar-refractivity contribution in [2.45, 2.75) is 25.6 Å². The Morgan fingerprint density at radius 2 is 2.05 bits per heavy atom. The van der Waals surface area contributed by atoms with E-state index in [1.165, 1.54) is 7.11 Å². The number of esters is 1. The van der Waals surface area contributed by atoms with Crippen LogP contribution in [-0.4, -0.2) is 33.9 Å². The van der Waals surface area contributed by atoms with Gasteiger partial charge in [0, 0.05) is 11.6 Å². The van der Waals surface area contributed by atoms with Gasteiger partial charge in [0.25, 0.3) is 0 Å². The number of sulfone groups is 1. The Morgan fingerprint density at radius 3 is 2.57 bits per heavy atom. The van der Waals surface area contributed by atoms with Crippen LogP contribution < -0.4 is 10.5 Å². The molecule has 1 aromatic rings. The molecule has 0 heterocycles. The molecule has 0 radical (unpaired) electrons. The molecule has 0 bridgehead atoms. The quantitative estimate of drug-likeness (QED) is 0.759. The first kappa shape index (κ1) is 17.5. The molecule has 0 fully saturated rings. The van der Waals surface area contributed by atoms with Crippen molar-refractivity contribution in [1.82, 2.24) is 0 Å². The molecule has 0 saturated heterocycles. The van der Waals surface area contributed by atoms with Crippen LogP contribution in [0.1, 0.15) is 31.0 Å². The maximum atomic E-state index is 12.0. The second-order valence-electron chi connectivity index (χ2n) is 4.70. The van der Waals surface area contributed by atoms with E-state index in [0.717, 1.165) is 5.56 Å². The summed E-state index contributed by atoms with van der Waals surface area (Å²) in [7, 11) is -2.17. The lowest BCUT2D eigenvalue weighted by molar-refractivity contribution is -0.139. The molecule has 0 aliphatic carbocycles. The highest BCUT2D eigenvalue weighted by Crippen LogP contribution is 2.24. The summed E-state index contributed by atoms with van der Waals surface area (Å²) in [6, 6.07) is 4.92. The molecule has 1 rings (SSSR count). The van der Waals surface area contributed by atoms with Crippen LogP contribution in [0.5, 0.6) is 5.75 Å². The summed E-state index contributed by atoms with van der Waals surface area (Å²) in [5, 5.41) is 0. The SMILES string of the molecule is CCOC(=O)CS(=O)(=O)Cc1cc(C(C)N)ccc1OC. The Kier molecular flexibility index (Phi) is 6.17. The molecule has 0 aliphatic heterocycles. The Bertz CT molecular complexity index is 595. The van der Waals surface area contributed by atoms with Gasteiger partial charge in [0.15, 0.2) is 9.84 Å². The normalized spacial score (nSPS) is 12.8. The summed E-state index contributed by atoms with van der Waals surface area (Å²) in [6.07, 6.45) is 0. The second kappa shape index (κ2) is 7.42. The number of methoxy groups -OCH3 is 1. The van der Waals surface area contributed by atoms with Crippen LogP contribution in [0.25, 0.3) is 0 Å². The number of nitrogens with two attached hydrogens (primary N) is 1. The number of hydrogen-bond donors (Lipinski definition) is 1. The molecule has 7 heteroatoms. The molecule has 0 saturated carbocycles. The van der Waals surface area contributed by atoms with E-state index in [4.69, 9.17) is 10.5 Å². The van der Waals surface area contributed by atoms with Gasteiger partial charge in [-0.2, -0.15) is 0 Å². The minimum absolute atomic E-state index is 0.151. The zero-order valence-electron chi connectivity index (χ0n) is 12.5. The molecule has 0 amide bonds. The summed E-state index contributed by atoms with van der Waals surface area (Å²) in [4.78, 5) is 11.3. The van der Waals surface area contributed by atoms with Crippen molar-refractivity contribution in [2.24, 2.45) is 5.73 Å². The molecule has 0 aliphatic rings. The first-order chi connectivity index (χ1) is 9.79. The summed E-state index contributed by atoms with van der Waals surface area (Å²) in [6.45, 7) is 3.58. The highest BCUT2D eigenvalue weighted by atomic mass is 32.2. The van der Waals surface area contributed by atoms with Crippen molar-refractivity contribution < 1.29 is 22.7 Å². The van der Waals surface area contributed by atoms with E-state index in [1.807, 2.05) is 0 Å². The monoisotopic (exact) mass is 315 g/mol. The Hall–Kier alpha value is -1.60. The summed E-state index contributed by atoms with van der Waals surface area (Å²) >= 11 is 0. The van der Waals surface area contributed by atoms with E-state index < -0.39 is 21.6 Å². The molecule has 0 aromatic heterocycles. The maximum absolute atomic E-state index is 12.0. The van der Waals surface area contributed by atoms with E-state index in [9.17, 15) is 13.2 Å². The van der Waals surface area contributed by atoms with E-state index >= 15 is 0 Å². The predicted molar refractivity (Wildman–Crippen MR) is 79.7 cm³/mol. The minimum atomic E-state index is -3.63. The lowest BCUT2D eigenvalue weighted by atomic mass is 10.1. The summed E-state index contributed by atoms with van der Waals surface area (Å²) < 4.78 is 33.9. The van der Waals surface area contributed by atoms with Crippen LogP contribution in [0.2, 0.25) is 0 Å². The fourth-order valence-electron chi connectivity index (χ4n) is 1.86. The zero-order chi connectivity index (χ0) is 16.0. The van der Waals surface area contributed by atoms with Crippen LogP contribution in [0.3, 0.4) is 0 Å². The Morgan fingerprint density at radius 1 is 1.38 bits per heavy atom. The molecule has 21 heavy (non-hydrogen) atoms. The lowest BCUT2D eigenvalue weighted by Gasteiger charge is -2.13. The second-order valence-corrected chi connectivity index (χ2v) is 6.76. The van der Waals surface area contributed by atoms with Gasteiger partial charge in [0.1, 0.15) is 11.5 Å². The van der Waals surface area contributed by atoms with Gasteiger partial charge in [0.05, 0.1) is 19.5 Å². The van der Waals surface area contributed by atoms with Crippen LogP contribution in [0, 0.1) is 0 Å². The topological polar surface area (TPSA) is 95.7 Å². The molecule has 1 unspecified atom stereocenters. The molecule has 1 aromatic carbocycles. The van der Waals surface area contributed by atoms with Gasteiger partial charge in [-0.05, 0) is 31.5 Å². The molecule has 6 nitrogen and oxygen atoms in total. The van der Waals surface area contributed by atoms with Crippen molar-refractivity contribution >= 4 is 15.8 Å². The third-order valence-electron chi connectivity index (χ3n) is 2.85. The number of carbonyl (C=O) groups excluding carboxylic acids is 1. The average molecular weight is 315 g/mol. The highest BCUT2D eigenvalue weighted by molar-refractivity contribution is 7.91. The zero-order valence-corrected chi connectivity index (χ0v) is 13.3. The average Bonchev–Trinajstić information content (AvgIpc) is 2.37. The van der Waals surface area contributed by atoms with Gasteiger partial charge in [-0.3, -0.25) is 4.79 Å². The molecule has 0 spiro atoms. The number of benzene rings is 1. The predicted octanol–water partition coefficient (Wildman–Crippen LogP) is 1.19. The van der Waals surface area contributed by atoms with Crippen molar-refractivity contribution in [1.29, 1.82) is 0 Å². The molecular formula is C14H21NO5S. The summed E-state index contributed by atoms with van der Waals surface area (Å²) in [5.74, 6) is -1.24. The van der Waals surface area contributed by atoms with Crippen molar-refractivity contribution in [3.8, 4) is 5.75 Å². The number of ether oxygens (including phenoxy) is 2. The van der Waals surface area contributed by atoms with E-state index in [2.05, 4.69) is 4.74 Å². The first-order valence-electron chi connectivity index (χ1n) is 6.57. The summed E-state index contributed by atoms with van der Waals surface area (Å²) in [5.41, 5.74) is 7.08. The van der Waals surface area contributed by atoms with Gasteiger partial charge in [-0.1, -0.05) is 6.07 Å². The lowest BCUT2D eigenvalue weighted by Crippen LogP contribution is -2.20. The molecule has 118 valence electrons. The van der Waals surface area contributed by atoms with E-state index in [0.29, 0.717) is 11.3 Å². The third-order valence-corrected chi connectivity index (χ3v) is 4.28. The molecular weight excluding hydrogens is 294 g/mol. The standard InChI is InChI=1S/C14H21NO5S/c1-4-20-14(16)9-21(17,18)8-12-7-11(10(2)15)5-6-13(12)19-3/h5-7,10H,4,8-9,15H2,1-3H3. The van der Waals surface area contributed by atoms with Crippen LogP contribution >= 0.6 is 0 Å². The maximum Gasteiger partial charge on any atom is 0.321 e. The van der Waals surface area contributed by atoms with E-state index in [1.54, 1.807) is 32.0 Å². The highest BCUT2D eigenvalue weighted by Gasteiger charge is 2.21. The van der Waals surface area contributed by atoms with Gasteiger partial charge in [-0.15, -0.1) is 0 Å². The van der Waals surface area contributed by atoms with Gasteiger partial charge < -0.3 is 15.2 Å². The van der Waals surface area contributed by atoms with Crippen molar-refractivity contribution in [2.75, 3.05) is 19.5 Å². The minimum Gasteiger partial charge on any atom is -0.496 e. The smallest absolute Gasteiger partial charge is 0.321 e. The van der Waals surface area contributed by atoms with E-state index in [-0.39, 0.29) is 18.4 Å². The fraction of sp³-hybridized carbons (Fsp3) is 0.500. The van der Waals surface area contributed by atoms with Gasteiger partial charge in [-0.25, -0.2) is 8.42 Å². The number of rotatable bonds is 7. The number of hydrogen-bond acceptors (Lipinski definition) is 6. The fourth-order valence-corrected chi connectivity index (χ4v) is 3.11. The van der Waals surface area contributed by atoms with Crippen LogP contribution in [-0.2, 0) is 25.1 Å². The molecule has 2 N–H and O–H groups in total. The van der Waals surface area contributed by atoms with Crippen molar-refractivity contribution in [3.63, 3.8) is 0 Å². The molecule has 1 atom stereocenters. The van der Waals surface area contributed by atoms with Crippen molar-refractivity contribution in [3.05, 3.63) is 29.3 Å². The Labute approximate surface area is 125 Å². The Balaban J connectivity index is 2.99. The van der Waals surface area contributed by atoms with Gasteiger partial charge in [0.2, 0.25) is 0 Å². The third kappa shape index (κ3) is 5.35. The first-order valence-corrected chi connectivity index (χ1v) is 8.39.